The molecular formula is C18H24N4O. The molecule has 2 N–H and O–H groups in total. The Hall–Kier alpha value is -2.14. The van der Waals surface area contributed by atoms with Gasteiger partial charge in [-0.05, 0) is 51.8 Å². The Bertz CT molecular complexity index is 733. The van der Waals surface area contributed by atoms with Crippen molar-refractivity contribution in [1.29, 1.82) is 0 Å². The van der Waals surface area contributed by atoms with Gasteiger partial charge in [-0.3, -0.25) is 4.79 Å². The van der Waals surface area contributed by atoms with E-state index in [1.54, 1.807) is 0 Å². The number of hydrogen-bond donors (Lipinski definition) is 2. The summed E-state index contributed by atoms with van der Waals surface area (Å²) < 4.78 is 1.98. The molecule has 3 rings (SSSR count). The van der Waals surface area contributed by atoms with Gasteiger partial charge in [-0.15, -0.1) is 0 Å². The highest BCUT2D eigenvalue weighted by atomic mass is 16.1. The van der Waals surface area contributed by atoms with Gasteiger partial charge < -0.3 is 10.6 Å². The molecule has 1 amide bonds. The fourth-order valence-corrected chi connectivity index (χ4v) is 3.25. The molecule has 0 unspecified atom stereocenters. The van der Waals surface area contributed by atoms with Crippen LogP contribution < -0.4 is 10.6 Å². The molecule has 5 heteroatoms. The molecule has 1 aliphatic carbocycles. The Balaban J connectivity index is 1.97. The highest BCUT2D eigenvalue weighted by Gasteiger charge is 2.27. The van der Waals surface area contributed by atoms with Crippen LogP contribution in [0.4, 0.5) is 0 Å². The molecule has 0 aliphatic heterocycles. The number of rotatable bonds is 5. The Morgan fingerprint density at radius 2 is 2.09 bits per heavy atom. The van der Waals surface area contributed by atoms with Crippen LogP contribution in [0.5, 0.6) is 0 Å². The molecule has 2 aromatic rings. The lowest BCUT2D eigenvalue weighted by Crippen LogP contribution is -2.31. The normalized spacial score (nSPS) is 13.2. The Labute approximate surface area is 137 Å². The van der Waals surface area contributed by atoms with Gasteiger partial charge in [-0.1, -0.05) is 17.7 Å². The van der Waals surface area contributed by atoms with Gasteiger partial charge in [-0.25, -0.2) is 4.68 Å². The largest absolute Gasteiger partial charge is 0.349 e. The first kappa shape index (κ1) is 15.7. The van der Waals surface area contributed by atoms with Gasteiger partial charge in [0.2, 0.25) is 0 Å². The van der Waals surface area contributed by atoms with Crippen LogP contribution in [0.15, 0.2) is 18.2 Å². The number of carbonyl (C=O) groups is 1. The molecule has 0 atom stereocenters. The van der Waals surface area contributed by atoms with Gasteiger partial charge in [0.05, 0.1) is 5.69 Å². The smallest absolute Gasteiger partial charge is 0.272 e. The van der Waals surface area contributed by atoms with Gasteiger partial charge in [0.1, 0.15) is 0 Å². The molecule has 1 aromatic heterocycles. The van der Waals surface area contributed by atoms with Crippen molar-refractivity contribution in [2.24, 2.45) is 0 Å². The number of nitrogens with one attached hydrogen (secondary N) is 2. The molecule has 0 fully saturated rings. The van der Waals surface area contributed by atoms with Crippen LogP contribution in [0.1, 0.15) is 39.3 Å². The molecule has 1 aromatic carbocycles. The molecule has 0 radical (unpaired) electrons. The van der Waals surface area contributed by atoms with Crippen molar-refractivity contribution in [1.82, 2.24) is 20.4 Å². The minimum absolute atomic E-state index is 0.0677. The number of nitrogens with zero attached hydrogens (tertiary/aromatic N) is 2. The summed E-state index contributed by atoms with van der Waals surface area (Å²) in [5.41, 5.74) is 6.39. The number of fused-ring (bicyclic) bond motifs is 1. The van der Waals surface area contributed by atoms with E-state index >= 15 is 0 Å². The number of amides is 1. The highest BCUT2D eigenvalue weighted by Crippen LogP contribution is 2.29. The quantitative estimate of drug-likeness (QED) is 0.829. The second-order valence-corrected chi connectivity index (χ2v) is 6.19. The molecular weight excluding hydrogens is 288 g/mol. The van der Waals surface area contributed by atoms with E-state index in [1.807, 2.05) is 11.7 Å². The summed E-state index contributed by atoms with van der Waals surface area (Å²) in [7, 11) is 1.87. The zero-order valence-corrected chi connectivity index (χ0v) is 14.1. The standard InChI is InChI=1S/C18H24N4O/c1-12-7-8-15(13(2)11-12)22-16-6-4-5-14(16)17(21-22)18(23)20-10-9-19-3/h7-8,11,19H,4-6,9-10H2,1-3H3,(H,20,23). The second-order valence-electron chi connectivity index (χ2n) is 6.19. The van der Waals surface area contributed by atoms with Crippen LogP contribution in [0, 0.1) is 13.8 Å². The third-order valence-corrected chi connectivity index (χ3v) is 4.39. The first-order chi connectivity index (χ1) is 11.1. The molecule has 122 valence electrons. The Morgan fingerprint density at radius 1 is 1.26 bits per heavy atom. The summed E-state index contributed by atoms with van der Waals surface area (Å²) in [6, 6.07) is 6.35. The van der Waals surface area contributed by atoms with Crippen LogP contribution in [-0.4, -0.2) is 35.8 Å². The van der Waals surface area contributed by atoms with Gasteiger partial charge in [0.15, 0.2) is 5.69 Å². The lowest BCUT2D eigenvalue weighted by Gasteiger charge is -2.09. The zero-order chi connectivity index (χ0) is 16.4. The molecule has 1 heterocycles. The summed E-state index contributed by atoms with van der Waals surface area (Å²) >= 11 is 0. The van der Waals surface area contributed by atoms with Gasteiger partial charge >= 0.3 is 0 Å². The predicted octanol–water partition coefficient (Wildman–Crippen LogP) is 1.93. The SMILES string of the molecule is CNCCNC(=O)c1nn(-c2ccc(C)cc2C)c2c1CCC2. The molecule has 0 saturated heterocycles. The average Bonchev–Trinajstić information content (AvgIpc) is 3.10. The van der Waals surface area contributed by atoms with Gasteiger partial charge in [0.25, 0.3) is 5.91 Å². The molecule has 1 aliphatic rings. The number of likely N-dealkylation sites (N-methyl/N-ethyl adjacent to an activating group) is 1. The van der Waals surface area contributed by atoms with E-state index in [9.17, 15) is 4.79 Å². The lowest BCUT2D eigenvalue weighted by atomic mass is 10.1. The first-order valence-corrected chi connectivity index (χ1v) is 8.23. The van der Waals surface area contributed by atoms with E-state index in [-0.39, 0.29) is 5.91 Å². The van der Waals surface area contributed by atoms with Crippen molar-refractivity contribution < 1.29 is 4.79 Å². The van der Waals surface area contributed by atoms with E-state index in [1.165, 1.54) is 16.8 Å². The first-order valence-electron chi connectivity index (χ1n) is 8.23. The summed E-state index contributed by atoms with van der Waals surface area (Å²) in [6.07, 6.45) is 3.02. The van der Waals surface area contributed by atoms with Crippen LogP contribution in [0.3, 0.4) is 0 Å². The summed E-state index contributed by atoms with van der Waals surface area (Å²) in [5, 5.41) is 10.6. The predicted molar refractivity (Wildman–Crippen MR) is 91.3 cm³/mol. The van der Waals surface area contributed by atoms with Crippen LogP contribution >= 0.6 is 0 Å². The topological polar surface area (TPSA) is 58.9 Å². The molecule has 0 spiro atoms. The van der Waals surface area contributed by atoms with E-state index in [4.69, 9.17) is 0 Å². The van der Waals surface area contributed by atoms with E-state index < -0.39 is 0 Å². The van der Waals surface area contributed by atoms with Crippen molar-refractivity contribution in [3.05, 3.63) is 46.3 Å². The monoisotopic (exact) mass is 312 g/mol. The minimum atomic E-state index is -0.0677. The van der Waals surface area contributed by atoms with Crippen LogP contribution in [0.25, 0.3) is 5.69 Å². The van der Waals surface area contributed by atoms with Crippen LogP contribution in [-0.2, 0) is 12.8 Å². The zero-order valence-electron chi connectivity index (χ0n) is 14.1. The maximum absolute atomic E-state index is 12.4. The van der Waals surface area contributed by atoms with Crippen molar-refractivity contribution in [3.8, 4) is 5.69 Å². The van der Waals surface area contributed by atoms with Gasteiger partial charge in [-0.2, -0.15) is 5.10 Å². The number of carbonyl (C=O) groups excluding carboxylic acids is 1. The van der Waals surface area contributed by atoms with Crippen molar-refractivity contribution >= 4 is 5.91 Å². The number of benzene rings is 1. The molecule has 0 saturated carbocycles. The third-order valence-electron chi connectivity index (χ3n) is 4.39. The van der Waals surface area contributed by atoms with E-state index in [0.717, 1.165) is 37.1 Å². The van der Waals surface area contributed by atoms with E-state index in [0.29, 0.717) is 12.2 Å². The minimum Gasteiger partial charge on any atom is -0.349 e. The fourth-order valence-electron chi connectivity index (χ4n) is 3.25. The third kappa shape index (κ3) is 3.01. The summed E-state index contributed by atoms with van der Waals surface area (Å²) in [4.78, 5) is 12.4. The Kier molecular flexibility index (Phi) is 4.48. The number of hydrogen-bond acceptors (Lipinski definition) is 3. The average molecular weight is 312 g/mol. The van der Waals surface area contributed by atoms with Crippen molar-refractivity contribution in [2.45, 2.75) is 33.1 Å². The van der Waals surface area contributed by atoms with Crippen molar-refractivity contribution in [3.63, 3.8) is 0 Å². The van der Waals surface area contributed by atoms with Crippen molar-refractivity contribution in [2.75, 3.05) is 20.1 Å². The maximum Gasteiger partial charge on any atom is 0.272 e. The molecule has 5 nitrogen and oxygen atoms in total. The summed E-state index contributed by atoms with van der Waals surface area (Å²) in [5.74, 6) is -0.0677. The second kappa shape index (κ2) is 6.54. The lowest BCUT2D eigenvalue weighted by molar-refractivity contribution is 0.0948. The van der Waals surface area contributed by atoms with Gasteiger partial charge in [0, 0.05) is 24.3 Å². The number of aromatic nitrogens is 2. The number of aryl methyl sites for hydroxylation is 2. The molecule has 23 heavy (non-hydrogen) atoms. The highest BCUT2D eigenvalue weighted by molar-refractivity contribution is 5.94. The van der Waals surface area contributed by atoms with Crippen LogP contribution in [0.2, 0.25) is 0 Å². The molecule has 0 bridgehead atoms. The Morgan fingerprint density at radius 3 is 2.83 bits per heavy atom. The summed E-state index contributed by atoms with van der Waals surface area (Å²) in [6.45, 7) is 5.55. The van der Waals surface area contributed by atoms with E-state index in [2.05, 4.69) is 47.8 Å². The maximum atomic E-state index is 12.4. The fraction of sp³-hybridized carbons (Fsp3) is 0.444.